The molecular formula is C20H18F2O2Si. The van der Waals surface area contributed by atoms with Crippen molar-refractivity contribution >= 4 is 30.0 Å². The maximum atomic E-state index is 13.9. The molecule has 0 fully saturated rings. The molecule has 0 heterocycles. The van der Waals surface area contributed by atoms with Crippen LogP contribution in [0.15, 0.2) is 54.6 Å². The largest absolute Gasteiger partial charge is 0.423 e. The second kappa shape index (κ2) is 6.41. The smallest absolute Gasteiger partial charge is 0.349 e. The number of ether oxygens (including phenoxy) is 1. The van der Waals surface area contributed by atoms with Crippen LogP contribution in [0.5, 0.6) is 5.75 Å². The fourth-order valence-electron chi connectivity index (χ4n) is 2.95. The van der Waals surface area contributed by atoms with E-state index in [0.29, 0.717) is 5.75 Å². The number of hydrogen-bond donors (Lipinski definition) is 0. The average Bonchev–Trinajstić information content (AvgIpc) is 2.53. The number of esters is 1. The predicted octanol–water partition coefficient (Wildman–Crippen LogP) is 4.88. The van der Waals surface area contributed by atoms with Crippen LogP contribution >= 0.6 is 0 Å². The first kappa shape index (κ1) is 17.3. The van der Waals surface area contributed by atoms with Crippen LogP contribution in [0.1, 0.15) is 10.4 Å². The van der Waals surface area contributed by atoms with E-state index in [-0.39, 0.29) is 0 Å². The van der Waals surface area contributed by atoms with Crippen LogP contribution in [0.2, 0.25) is 19.6 Å². The molecular weight excluding hydrogens is 338 g/mol. The van der Waals surface area contributed by atoms with Crippen molar-refractivity contribution in [2.45, 2.75) is 19.6 Å². The van der Waals surface area contributed by atoms with E-state index >= 15 is 0 Å². The van der Waals surface area contributed by atoms with Crippen LogP contribution in [0.25, 0.3) is 10.8 Å². The topological polar surface area (TPSA) is 26.3 Å². The van der Waals surface area contributed by atoms with Crippen LogP contribution in [0.3, 0.4) is 0 Å². The quantitative estimate of drug-likeness (QED) is 0.380. The molecule has 0 aliphatic carbocycles. The van der Waals surface area contributed by atoms with Crippen LogP contribution in [0, 0.1) is 11.6 Å². The zero-order chi connectivity index (χ0) is 18.2. The van der Waals surface area contributed by atoms with Gasteiger partial charge in [-0.15, -0.1) is 0 Å². The maximum absolute atomic E-state index is 13.9. The van der Waals surface area contributed by atoms with Crippen molar-refractivity contribution in [2.24, 2.45) is 0 Å². The molecule has 0 aromatic heterocycles. The number of hydrogen-bond acceptors (Lipinski definition) is 2. The third-order valence-corrected chi connectivity index (χ3v) is 6.03. The van der Waals surface area contributed by atoms with Gasteiger partial charge in [0.1, 0.15) is 22.9 Å². The highest BCUT2D eigenvalue weighted by Crippen LogP contribution is 2.24. The van der Waals surface area contributed by atoms with Gasteiger partial charge in [0.15, 0.2) is 0 Å². The van der Waals surface area contributed by atoms with Crippen molar-refractivity contribution in [1.82, 2.24) is 0 Å². The monoisotopic (exact) mass is 356 g/mol. The highest BCUT2D eigenvalue weighted by Gasteiger charge is 2.27. The summed E-state index contributed by atoms with van der Waals surface area (Å²) in [7, 11) is -1.90. The van der Waals surface area contributed by atoms with Crippen molar-refractivity contribution in [3.8, 4) is 5.75 Å². The summed E-state index contributed by atoms with van der Waals surface area (Å²) in [6.45, 7) is 6.40. The maximum Gasteiger partial charge on any atom is 0.349 e. The number of carbonyl (C=O) groups excluding carboxylic acids is 1. The van der Waals surface area contributed by atoms with E-state index in [1.807, 2.05) is 30.3 Å². The summed E-state index contributed by atoms with van der Waals surface area (Å²) < 4.78 is 33.2. The van der Waals surface area contributed by atoms with Gasteiger partial charge < -0.3 is 4.74 Å². The molecule has 0 aliphatic heterocycles. The molecule has 128 valence electrons. The molecule has 3 aromatic carbocycles. The first-order chi connectivity index (χ1) is 11.8. The summed E-state index contributed by atoms with van der Waals surface area (Å²) in [6, 6.07) is 14.7. The van der Waals surface area contributed by atoms with Gasteiger partial charge >= 0.3 is 5.97 Å². The van der Waals surface area contributed by atoms with Gasteiger partial charge in [-0.1, -0.05) is 56.0 Å². The molecule has 0 atom stereocenters. The van der Waals surface area contributed by atoms with Crippen LogP contribution < -0.4 is 9.92 Å². The first-order valence-corrected chi connectivity index (χ1v) is 11.5. The summed E-state index contributed by atoms with van der Waals surface area (Å²) in [5, 5.41) is 2.99. The number of benzene rings is 3. The molecule has 0 saturated carbocycles. The minimum atomic E-state index is -1.90. The molecule has 0 spiro atoms. The van der Waals surface area contributed by atoms with E-state index in [9.17, 15) is 13.6 Å². The van der Waals surface area contributed by atoms with Crippen molar-refractivity contribution < 1.29 is 18.3 Å². The van der Waals surface area contributed by atoms with Crippen LogP contribution in [0.4, 0.5) is 8.78 Å². The standard InChI is InChI=1S/C20H18F2O2Si/c1-25(2,3)19-14-8-5-4-7-13(14)11-12-17(19)24-20(23)18-15(21)9-6-10-16(18)22/h4-12H,1-3H3. The van der Waals surface area contributed by atoms with Gasteiger partial charge in [-0.2, -0.15) is 0 Å². The van der Waals surface area contributed by atoms with Gasteiger partial charge in [0.2, 0.25) is 0 Å². The van der Waals surface area contributed by atoms with Gasteiger partial charge in [-0.3, -0.25) is 0 Å². The minimum Gasteiger partial charge on any atom is -0.423 e. The molecule has 3 rings (SSSR count). The summed E-state index contributed by atoms with van der Waals surface area (Å²) in [6.07, 6.45) is 0. The molecule has 2 nitrogen and oxygen atoms in total. The van der Waals surface area contributed by atoms with Gasteiger partial charge in [0.05, 0.1) is 8.07 Å². The van der Waals surface area contributed by atoms with E-state index in [0.717, 1.165) is 28.1 Å². The van der Waals surface area contributed by atoms with Crippen molar-refractivity contribution in [3.05, 3.63) is 71.8 Å². The number of rotatable bonds is 3. The first-order valence-electron chi connectivity index (χ1n) is 7.97. The third kappa shape index (κ3) is 3.32. The molecule has 0 N–H and O–H groups in total. The SMILES string of the molecule is C[Si](C)(C)c1c(OC(=O)c2c(F)cccc2F)ccc2ccccc12. The average molecular weight is 356 g/mol. The number of carbonyl (C=O) groups is 1. The van der Waals surface area contributed by atoms with E-state index in [1.165, 1.54) is 6.07 Å². The molecule has 0 amide bonds. The Bertz CT molecular complexity index is 941. The fraction of sp³-hybridized carbons (Fsp3) is 0.150. The van der Waals surface area contributed by atoms with E-state index in [4.69, 9.17) is 4.74 Å². The summed E-state index contributed by atoms with van der Waals surface area (Å²) in [5.74, 6) is -2.52. The molecule has 0 saturated heterocycles. The molecule has 3 aromatic rings. The lowest BCUT2D eigenvalue weighted by Gasteiger charge is -2.23. The molecule has 0 bridgehead atoms. The lowest BCUT2D eigenvalue weighted by molar-refractivity contribution is 0.0726. The zero-order valence-electron chi connectivity index (χ0n) is 14.3. The molecule has 5 heteroatoms. The fourth-order valence-corrected chi connectivity index (χ4v) is 4.86. The van der Waals surface area contributed by atoms with E-state index in [2.05, 4.69) is 19.6 Å². The van der Waals surface area contributed by atoms with E-state index < -0.39 is 31.2 Å². The Balaban J connectivity index is 2.12. The Labute approximate surface area is 146 Å². The second-order valence-electron chi connectivity index (χ2n) is 6.90. The molecule has 0 radical (unpaired) electrons. The van der Waals surface area contributed by atoms with Crippen LogP contribution in [-0.2, 0) is 0 Å². The Morgan fingerprint density at radius 3 is 2.16 bits per heavy atom. The summed E-state index contributed by atoms with van der Waals surface area (Å²) in [5.41, 5.74) is -0.669. The Hall–Kier alpha value is -2.53. The van der Waals surface area contributed by atoms with Crippen LogP contribution in [-0.4, -0.2) is 14.0 Å². The minimum absolute atomic E-state index is 0.366. The second-order valence-corrected chi connectivity index (χ2v) is 11.9. The van der Waals surface area contributed by atoms with Gasteiger partial charge in [-0.05, 0) is 34.2 Å². The van der Waals surface area contributed by atoms with Gasteiger partial charge in [0.25, 0.3) is 0 Å². The number of halogens is 2. The lowest BCUT2D eigenvalue weighted by atomic mass is 10.1. The Kier molecular flexibility index (Phi) is 4.43. The summed E-state index contributed by atoms with van der Waals surface area (Å²) >= 11 is 0. The Morgan fingerprint density at radius 1 is 0.880 bits per heavy atom. The lowest BCUT2D eigenvalue weighted by Crippen LogP contribution is -2.39. The predicted molar refractivity (Wildman–Crippen MR) is 98.2 cm³/mol. The third-order valence-electron chi connectivity index (χ3n) is 4.01. The van der Waals surface area contributed by atoms with Crippen molar-refractivity contribution in [1.29, 1.82) is 0 Å². The molecule has 0 aliphatic rings. The van der Waals surface area contributed by atoms with E-state index in [1.54, 1.807) is 6.07 Å². The molecule has 0 unspecified atom stereocenters. The highest BCUT2D eigenvalue weighted by molar-refractivity contribution is 6.91. The zero-order valence-corrected chi connectivity index (χ0v) is 15.3. The summed E-state index contributed by atoms with van der Waals surface area (Å²) in [4.78, 5) is 12.4. The molecule has 25 heavy (non-hydrogen) atoms. The highest BCUT2D eigenvalue weighted by atomic mass is 28.3. The normalized spacial score (nSPS) is 11.6. The Morgan fingerprint density at radius 2 is 1.52 bits per heavy atom. The van der Waals surface area contributed by atoms with Gasteiger partial charge in [0, 0.05) is 0 Å². The van der Waals surface area contributed by atoms with Gasteiger partial charge in [-0.25, -0.2) is 13.6 Å². The number of fused-ring (bicyclic) bond motifs is 1. The van der Waals surface area contributed by atoms with Crippen molar-refractivity contribution in [2.75, 3.05) is 0 Å². The van der Waals surface area contributed by atoms with Crippen molar-refractivity contribution in [3.63, 3.8) is 0 Å².